The maximum atomic E-state index is 12.1. The Morgan fingerprint density at radius 2 is 1.97 bits per heavy atom. The Balaban J connectivity index is 1.59. The van der Waals surface area contributed by atoms with Crippen molar-refractivity contribution in [3.8, 4) is 11.4 Å². The Labute approximate surface area is 188 Å². The van der Waals surface area contributed by atoms with Crippen molar-refractivity contribution in [3.63, 3.8) is 0 Å². The highest BCUT2D eigenvalue weighted by Crippen LogP contribution is 2.15. The first kappa shape index (κ1) is 23.0. The van der Waals surface area contributed by atoms with Crippen molar-refractivity contribution in [1.29, 1.82) is 0 Å². The number of aliphatic carboxylic acids is 1. The minimum absolute atomic E-state index is 0.00528. The number of amides is 1. The summed E-state index contributed by atoms with van der Waals surface area (Å²) >= 11 is 0. The van der Waals surface area contributed by atoms with E-state index in [0.29, 0.717) is 5.56 Å². The third-order valence-corrected chi connectivity index (χ3v) is 4.17. The SMILES string of the molecule is C=CCOC(=O)N[C@@H](Cc1ccc(O/C([O-])=N/c2c[n+](-c3ccccc3)no2)cc1)C(=O)O. The molecule has 33 heavy (non-hydrogen) atoms. The molecule has 0 radical (unpaired) electrons. The van der Waals surface area contributed by atoms with E-state index in [1.807, 2.05) is 18.2 Å². The molecule has 2 N–H and O–H groups in total. The number of nitrogens with zero attached hydrogens (tertiary/aromatic N) is 3. The zero-order chi connectivity index (χ0) is 23.6. The van der Waals surface area contributed by atoms with Crippen molar-refractivity contribution in [3.05, 3.63) is 79.0 Å². The Hall–Kier alpha value is -4.67. The quantitative estimate of drug-likeness (QED) is 0.213. The number of benzene rings is 2. The fourth-order valence-corrected chi connectivity index (χ4v) is 2.65. The van der Waals surface area contributed by atoms with Gasteiger partial charge in [-0.15, -0.1) is 0 Å². The van der Waals surface area contributed by atoms with Gasteiger partial charge in [-0.25, -0.2) is 9.59 Å². The molecular weight excluding hydrogens is 432 g/mol. The molecule has 2 aromatic carbocycles. The number of carbonyl (C=O) groups excluding carboxylic acids is 1. The second-order valence-corrected chi connectivity index (χ2v) is 6.57. The van der Waals surface area contributed by atoms with E-state index in [4.69, 9.17) is 14.0 Å². The van der Waals surface area contributed by atoms with Crippen LogP contribution in [0.2, 0.25) is 0 Å². The van der Waals surface area contributed by atoms with Crippen LogP contribution in [0.15, 0.2) is 83.0 Å². The molecule has 0 aliphatic carbocycles. The molecule has 1 amide bonds. The number of aliphatic imine (C=N–C) groups is 1. The van der Waals surface area contributed by atoms with E-state index in [1.54, 1.807) is 24.3 Å². The molecule has 0 unspecified atom stereocenters. The number of carboxylic acids is 1. The van der Waals surface area contributed by atoms with Gasteiger partial charge in [0.25, 0.3) is 6.20 Å². The predicted octanol–water partition coefficient (Wildman–Crippen LogP) is 1.29. The summed E-state index contributed by atoms with van der Waals surface area (Å²) in [6, 6.07) is 14.0. The fourth-order valence-electron chi connectivity index (χ4n) is 2.65. The van der Waals surface area contributed by atoms with Crippen molar-refractivity contribution in [2.45, 2.75) is 12.5 Å². The average molecular weight is 452 g/mol. The van der Waals surface area contributed by atoms with Gasteiger partial charge in [0.05, 0.1) is 0 Å². The summed E-state index contributed by atoms with van der Waals surface area (Å²) in [5.41, 5.74) is 1.32. The number of rotatable bonds is 9. The van der Waals surface area contributed by atoms with E-state index in [1.165, 1.54) is 29.1 Å². The normalized spacial score (nSPS) is 11.9. The van der Waals surface area contributed by atoms with E-state index >= 15 is 0 Å². The molecule has 0 aliphatic rings. The second-order valence-electron chi connectivity index (χ2n) is 6.57. The van der Waals surface area contributed by atoms with E-state index in [0.717, 1.165) is 5.69 Å². The molecule has 0 aliphatic heterocycles. The number of alkyl carbamates (subject to hydrolysis) is 1. The predicted molar refractivity (Wildman–Crippen MR) is 112 cm³/mol. The molecule has 1 atom stereocenters. The Kier molecular flexibility index (Phi) is 7.73. The van der Waals surface area contributed by atoms with Crippen LogP contribution in [0.25, 0.3) is 5.69 Å². The minimum Gasteiger partial charge on any atom is -0.566 e. The molecule has 0 fully saturated rings. The summed E-state index contributed by atoms with van der Waals surface area (Å²) in [6.45, 7) is 3.37. The minimum atomic E-state index is -1.22. The van der Waals surface area contributed by atoms with Crippen molar-refractivity contribution in [2.24, 2.45) is 4.99 Å². The zero-order valence-corrected chi connectivity index (χ0v) is 17.3. The van der Waals surface area contributed by atoms with E-state index < -0.39 is 24.2 Å². The summed E-state index contributed by atoms with van der Waals surface area (Å²) in [5.74, 6) is -1.08. The molecule has 0 bridgehead atoms. The van der Waals surface area contributed by atoms with Crippen LogP contribution in [0.5, 0.6) is 5.75 Å². The molecule has 0 spiro atoms. The number of nitrogens with one attached hydrogen (secondary N) is 1. The number of carbonyl (C=O) groups is 2. The number of aromatic nitrogens is 2. The summed E-state index contributed by atoms with van der Waals surface area (Å²) in [4.78, 5) is 26.7. The second kappa shape index (κ2) is 11.1. The Bertz CT molecular complexity index is 1130. The third-order valence-electron chi connectivity index (χ3n) is 4.17. The summed E-state index contributed by atoms with van der Waals surface area (Å²) in [5, 5.41) is 27.4. The van der Waals surface area contributed by atoms with Crippen molar-refractivity contribution >= 4 is 24.0 Å². The van der Waals surface area contributed by atoms with Gasteiger partial charge in [-0.2, -0.15) is 4.99 Å². The highest BCUT2D eigenvalue weighted by Gasteiger charge is 2.21. The van der Waals surface area contributed by atoms with Gasteiger partial charge >= 0.3 is 17.9 Å². The van der Waals surface area contributed by atoms with Crippen molar-refractivity contribution in [1.82, 2.24) is 10.6 Å². The molecule has 3 rings (SSSR count). The first-order valence-corrected chi connectivity index (χ1v) is 9.68. The number of para-hydroxylation sites is 1. The number of hydrogen-bond acceptors (Lipinski definition) is 8. The summed E-state index contributed by atoms with van der Waals surface area (Å²) in [6.07, 6.45) is 1.00. The maximum Gasteiger partial charge on any atom is 0.408 e. The zero-order valence-electron chi connectivity index (χ0n) is 17.3. The van der Waals surface area contributed by atoms with Crippen LogP contribution in [0.4, 0.5) is 10.7 Å². The fraction of sp³-hybridized carbons (Fsp3) is 0.136. The molecule has 1 heterocycles. The van der Waals surface area contributed by atoms with Gasteiger partial charge in [-0.1, -0.05) is 43.0 Å². The van der Waals surface area contributed by atoms with Crippen LogP contribution in [-0.4, -0.2) is 41.2 Å². The largest absolute Gasteiger partial charge is 0.566 e. The van der Waals surface area contributed by atoms with E-state index in [-0.39, 0.29) is 24.7 Å². The van der Waals surface area contributed by atoms with Crippen LogP contribution >= 0.6 is 0 Å². The average Bonchev–Trinajstić information content (AvgIpc) is 3.27. The lowest BCUT2D eigenvalue weighted by Crippen LogP contribution is -2.42. The molecule has 11 heteroatoms. The maximum absolute atomic E-state index is 12.1. The third kappa shape index (κ3) is 6.92. The topological polar surface area (TPSA) is 150 Å². The number of carboxylic acid groups (broad SMARTS) is 1. The Morgan fingerprint density at radius 3 is 2.64 bits per heavy atom. The highest BCUT2D eigenvalue weighted by molar-refractivity contribution is 5.80. The van der Waals surface area contributed by atoms with Gasteiger partial charge in [-0.05, 0) is 22.4 Å². The smallest absolute Gasteiger partial charge is 0.408 e. The molecule has 0 saturated carbocycles. The van der Waals surface area contributed by atoms with Gasteiger partial charge in [0, 0.05) is 24.3 Å². The molecule has 3 aromatic rings. The Morgan fingerprint density at radius 1 is 1.24 bits per heavy atom. The molecule has 0 saturated heterocycles. The number of hydrogen-bond donors (Lipinski definition) is 2. The lowest BCUT2D eigenvalue weighted by atomic mass is 10.1. The van der Waals surface area contributed by atoms with Crippen LogP contribution in [0.3, 0.4) is 0 Å². The van der Waals surface area contributed by atoms with Crippen LogP contribution in [-0.2, 0) is 16.0 Å². The lowest BCUT2D eigenvalue weighted by Gasteiger charge is -2.16. The standard InChI is InChI=1S/C22H20N4O7/c1-2-12-31-21(29)23-18(20(27)28)13-15-8-10-17(11-9-15)32-22(30)24-19-14-26(25-33-19)16-6-4-3-5-7-16/h2-11,14,18H,1,12-13H2,(H2-,23,24,25,27,28,29,30)/t18-/m0/s1. The molecular formula is C22H20N4O7. The van der Waals surface area contributed by atoms with Crippen LogP contribution in [0.1, 0.15) is 5.56 Å². The van der Waals surface area contributed by atoms with Crippen LogP contribution < -0.4 is 19.8 Å². The molecule has 1 aromatic heterocycles. The van der Waals surface area contributed by atoms with Crippen molar-refractivity contribution in [2.75, 3.05) is 6.61 Å². The lowest BCUT2D eigenvalue weighted by molar-refractivity contribution is -0.670. The highest BCUT2D eigenvalue weighted by atomic mass is 16.6. The van der Waals surface area contributed by atoms with E-state index in [2.05, 4.69) is 22.2 Å². The van der Waals surface area contributed by atoms with E-state index in [9.17, 15) is 19.8 Å². The molecule has 11 nitrogen and oxygen atoms in total. The van der Waals surface area contributed by atoms with Gasteiger partial charge in [0.1, 0.15) is 12.6 Å². The van der Waals surface area contributed by atoms with Gasteiger partial charge in [-0.3, -0.25) is 4.52 Å². The summed E-state index contributed by atoms with van der Waals surface area (Å²) in [7, 11) is 0. The summed E-state index contributed by atoms with van der Waals surface area (Å²) < 4.78 is 16.3. The number of ether oxygens (including phenoxy) is 2. The first-order chi connectivity index (χ1) is 15.9. The van der Waals surface area contributed by atoms with Gasteiger partial charge < -0.3 is 25.0 Å². The van der Waals surface area contributed by atoms with Crippen LogP contribution in [0, 0.1) is 0 Å². The monoisotopic (exact) mass is 452 g/mol. The van der Waals surface area contributed by atoms with Crippen molar-refractivity contribution < 1.29 is 38.5 Å². The van der Waals surface area contributed by atoms with Gasteiger partial charge in [0.2, 0.25) is 11.0 Å². The molecule has 170 valence electrons. The van der Waals surface area contributed by atoms with Gasteiger partial charge in [0.15, 0.2) is 6.08 Å². The first-order valence-electron chi connectivity index (χ1n) is 9.68.